The van der Waals surface area contributed by atoms with Gasteiger partial charge in [-0.15, -0.1) is 0 Å². The number of hydrogen-bond donors (Lipinski definition) is 2. The molecule has 0 saturated carbocycles. The van der Waals surface area contributed by atoms with Crippen molar-refractivity contribution in [1.29, 1.82) is 0 Å². The van der Waals surface area contributed by atoms with Crippen molar-refractivity contribution in [2.45, 2.75) is 99.9 Å². The molecule has 0 aliphatic rings. The zero-order valence-electron chi connectivity index (χ0n) is 26.3. The molecule has 2 rings (SSSR count). The van der Waals surface area contributed by atoms with Gasteiger partial charge in [-0.3, -0.25) is 9.59 Å². The molecule has 9 nitrogen and oxygen atoms in total. The number of nitrogens with two attached hydrogens (primary N) is 2. The van der Waals surface area contributed by atoms with Gasteiger partial charge in [-0.25, -0.2) is 16.8 Å². The number of halogens is 7. The first-order valence-corrected chi connectivity index (χ1v) is 17.6. The van der Waals surface area contributed by atoms with E-state index in [0.29, 0.717) is 12.1 Å². The smallest absolute Gasteiger partial charge is 0.370 e. The summed E-state index contributed by atoms with van der Waals surface area (Å²) in [5.41, 5.74) is 7.02. The fourth-order valence-corrected chi connectivity index (χ4v) is 7.67. The minimum Gasteiger partial charge on any atom is -0.370 e. The van der Waals surface area contributed by atoms with Gasteiger partial charge in [0.15, 0.2) is 25.6 Å². The van der Waals surface area contributed by atoms with Crippen molar-refractivity contribution in [2.75, 3.05) is 0 Å². The fourth-order valence-electron chi connectivity index (χ4n) is 4.17. The van der Waals surface area contributed by atoms with Gasteiger partial charge in [0.1, 0.15) is 0 Å². The van der Waals surface area contributed by atoms with Crippen LogP contribution in [0.25, 0.3) is 0 Å². The van der Waals surface area contributed by atoms with E-state index in [1.807, 2.05) is 0 Å². The molecule has 0 aromatic heterocycles. The number of aliphatic imine (C=N–C) groups is 1. The summed E-state index contributed by atoms with van der Waals surface area (Å²) in [7, 11) is -8.37. The Morgan fingerprint density at radius 1 is 0.723 bits per heavy atom. The molecule has 0 spiro atoms. The maximum atomic E-state index is 13.4. The maximum Gasteiger partial charge on any atom is 0.417 e. The Morgan fingerprint density at radius 2 is 1.06 bits per heavy atom. The summed E-state index contributed by atoms with van der Waals surface area (Å²) in [5, 5.41) is -3.01. The molecule has 0 fully saturated rings. The SMILES string of the molecule is CCc1cc(S(=O)(=O)C(C)CC)c(C(F)(F)F)cc1C(=O)Cl.CCc1cc(S(=O)(=O)C(C)CC)c(C(F)(F)F)cc1C(=O)N=C(N)N. The molecular weight excluding hydrogens is 700 g/mol. The molecule has 0 heterocycles. The van der Waals surface area contributed by atoms with Crippen LogP contribution in [0.5, 0.6) is 0 Å². The Hall–Kier alpha value is -3.18. The van der Waals surface area contributed by atoms with Crippen molar-refractivity contribution in [2.24, 2.45) is 16.5 Å². The number of rotatable bonds is 10. The number of sulfone groups is 2. The summed E-state index contributed by atoms with van der Waals surface area (Å²) in [6.45, 7) is 9.00. The topological polar surface area (TPSA) is 167 Å². The zero-order valence-corrected chi connectivity index (χ0v) is 28.7. The van der Waals surface area contributed by atoms with E-state index in [1.165, 1.54) is 13.8 Å². The number of benzene rings is 2. The number of guanidine groups is 1. The number of amides is 1. The Morgan fingerprint density at radius 3 is 1.34 bits per heavy atom. The fraction of sp³-hybridized carbons (Fsp3) is 0.483. The lowest BCUT2D eigenvalue weighted by Crippen LogP contribution is -2.25. The van der Waals surface area contributed by atoms with Gasteiger partial charge in [0.2, 0.25) is 0 Å². The Labute approximate surface area is 274 Å². The minimum atomic E-state index is -4.96. The highest BCUT2D eigenvalue weighted by Gasteiger charge is 2.41. The molecule has 2 unspecified atom stereocenters. The van der Waals surface area contributed by atoms with E-state index in [-0.39, 0.29) is 47.9 Å². The number of alkyl halides is 6. The second kappa shape index (κ2) is 15.8. The van der Waals surface area contributed by atoms with Gasteiger partial charge in [-0.1, -0.05) is 27.7 Å². The number of hydrogen-bond acceptors (Lipinski definition) is 6. The van der Waals surface area contributed by atoms with Gasteiger partial charge in [0, 0.05) is 11.1 Å². The molecule has 0 bridgehead atoms. The van der Waals surface area contributed by atoms with Gasteiger partial charge in [-0.2, -0.15) is 31.3 Å². The van der Waals surface area contributed by atoms with Crippen LogP contribution in [0.1, 0.15) is 97.4 Å². The van der Waals surface area contributed by atoms with Crippen molar-refractivity contribution in [3.8, 4) is 0 Å². The van der Waals surface area contributed by atoms with Gasteiger partial charge in [0.05, 0.1) is 31.4 Å². The maximum absolute atomic E-state index is 13.4. The van der Waals surface area contributed by atoms with Crippen molar-refractivity contribution in [3.05, 3.63) is 57.6 Å². The van der Waals surface area contributed by atoms with E-state index in [2.05, 4.69) is 4.99 Å². The van der Waals surface area contributed by atoms with Gasteiger partial charge >= 0.3 is 12.4 Å². The highest BCUT2D eigenvalue weighted by atomic mass is 35.5. The van der Waals surface area contributed by atoms with E-state index in [1.54, 1.807) is 27.7 Å². The van der Waals surface area contributed by atoms with Gasteiger partial charge in [0.25, 0.3) is 11.1 Å². The van der Waals surface area contributed by atoms with Crippen molar-refractivity contribution in [1.82, 2.24) is 0 Å². The normalized spacial score (nSPS) is 13.6. The number of nitrogens with zero attached hydrogens (tertiary/aromatic N) is 1. The van der Waals surface area contributed by atoms with Gasteiger partial charge < -0.3 is 11.5 Å². The van der Waals surface area contributed by atoms with E-state index in [0.717, 1.165) is 12.1 Å². The van der Waals surface area contributed by atoms with Crippen LogP contribution in [0.2, 0.25) is 0 Å². The first-order chi connectivity index (χ1) is 21.3. The van der Waals surface area contributed by atoms with E-state index < -0.39 is 80.6 Å². The first-order valence-electron chi connectivity index (χ1n) is 14.1. The largest absolute Gasteiger partial charge is 0.417 e. The van der Waals surface area contributed by atoms with Crippen LogP contribution in [0, 0.1) is 0 Å². The quantitative estimate of drug-likeness (QED) is 0.121. The molecule has 264 valence electrons. The van der Waals surface area contributed by atoms with Gasteiger partial charge in [-0.05, 0) is 86.5 Å². The van der Waals surface area contributed by atoms with Crippen molar-refractivity contribution < 1.29 is 52.8 Å². The van der Waals surface area contributed by atoms with Crippen LogP contribution in [0.15, 0.2) is 39.0 Å². The van der Waals surface area contributed by atoms with E-state index in [9.17, 15) is 52.8 Å². The number of carbonyl (C=O) groups excluding carboxylic acids is 2. The zero-order chi connectivity index (χ0) is 36.9. The summed E-state index contributed by atoms with van der Waals surface area (Å²) < 4.78 is 130. The molecule has 47 heavy (non-hydrogen) atoms. The number of aryl methyl sites for hydroxylation is 2. The molecule has 0 aliphatic heterocycles. The Bertz CT molecular complexity index is 1740. The second-order valence-electron chi connectivity index (χ2n) is 10.4. The highest BCUT2D eigenvalue weighted by molar-refractivity contribution is 7.92. The third kappa shape index (κ3) is 9.92. The summed E-state index contributed by atoms with van der Waals surface area (Å²) in [6, 6.07) is 2.84. The minimum absolute atomic E-state index is 0.116. The molecule has 18 heteroatoms. The second-order valence-corrected chi connectivity index (χ2v) is 15.4. The molecule has 1 amide bonds. The van der Waals surface area contributed by atoms with Crippen LogP contribution in [-0.4, -0.2) is 44.4 Å². The summed E-state index contributed by atoms with van der Waals surface area (Å²) in [6.07, 6.45) is -9.22. The third-order valence-electron chi connectivity index (χ3n) is 7.28. The molecule has 2 atom stereocenters. The standard InChI is InChI=1S/C15H20F3N3O3S.C14H16ClF3O3S/c1-4-8(3)25(23,24)12-6-9(5-2)10(13(22)21-14(19)20)7-11(12)15(16,17)18;1-4-8(3)22(20,21)12-6-9(5-2)10(13(15)19)7-11(12)14(16,17)18/h6-8H,4-5H2,1-3H3,(H4,19,20,21,22);6-8H,4-5H2,1-3H3. The predicted octanol–water partition coefficient (Wildman–Crippen LogP) is 6.47. The van der Waals surface area contributed by atoms with Crippen LogP contribution >= 0.6 is 11.6 Å². The highest BCUT2D eigenvalue weighted by Crippen LogP contribution is 2.39. The van der Waals surface area contributed by atoms with Crippen LogP contribution in [0.3, 0.4) is 0 Å². The molecular formula is C29H36ClF6N3O6S2. The van der Waals surface area contributed by atoms with E-state index >= 15 is 0 Å². The van der Waals surface area contributed by atoms with Crippen LogP contribution in [-0.2, 0) is 44.9 Å². The lowest BCUT2D eigenvalue weighted by molar-refractivity contribution is -0.140. The lowest BCUT2D eigenvalue weighted by Gasteiger charge is -2.19. The predicted molar refractivity (Wildman–Crippen MR) is 166 cm³/mol. The number of carbonyl (C=O) groups is 2. The Kier molecular flexibility index (Phi) is 14.1. The summed E-state index contributed by atoms with van der Waals surface area (Å²) in [4.78, 5) is 24.9. The van der Waals surface area contributed by atoms with Crippen LogP contribution < -0.4 is 11.5 Å². The average molecular weight is 736 g/mol. The lowest BCUT2D eigenvalue weighted by atomic mass is 10.0. The summed E-state index contributed by atoms with van der Waals surface area (Å²) in [5.74, 6) is -1.66. The Balaban J connectivity index is 0.000000474. The van der Waals surface area contributed by atoms with E-state index in [4.69, 9.17) is 23.1 Å². The molecule has 4 N–H and O–H groups in total. The molecule has 0 aliphatic carbocycles. The molecule has 0 radical (unpaired) electrons. The van der Waals surface area contributed by atoms with Crippen LogP contribution in [0.4, 0.5) is 26.3 Å². The molecule has 2 aromatic rings. The first kappa shape index (κ1) is 41.8. The molecule has 0 saturated heterocycles. The monoisotopic (exact) mass is 735 g/mol. The van der Waals surface area contributed by atoms with Crippen molar-refractivity contribution in [3.63, 3.8) is 0 Å². The average Bonchev–Trinajstić information content (AvgIpc) is 2.97. The van der Waals surface area contributed by atoms with Crippen molar-refractivity contribution >= 4 is 48.4 Å². The third-order valence-corrected chi connectivity index (χ3v) is 12.2. The molecule has 2 aromatic carbocycles. The summed E-state index contributed by atoms with van der Waals surface area (Å²) >= 11 is 5.31.